The molecule has 0 bridgehead atoms. The van der Waals surface area contributed by atoms with E-state index in [1.54, 1.807) is 7.11 Å². The average molecular weight is 251 g/mol. The molecule has 0 amide bonds. The number of hydrogen-bond acceptors (Lipinski definition) is 3. The monoisotopic (exact) mass is 251 g/mol. The minimum Gasteiger partial charge on any atom is -0.384 e. The molecule has 1 aromatic heterocycles. The Morgan fingerprint density at radius 2 is 2.22 bits per heavy atom. The van der Waals surface area contributed by atoms with E-state index in [1.165, 1.54) is 18.5 Å². The first-order chi connectivity index (χ1) is 8.54. The van der Waals surface area contributed by atoms with Crippen LogP contribution in [0.3, 0.4) is 0 Å². The highest BCUT2D eigenvalue weighted by Crippen LogP contribution is 2.45. The molecule has 1 fully saturated rings. The standard InChI is InChI=1S/C14H25N3O/c1-11-7-13(3)17(16-11)8-12(2)15-9-14(5-6-14)10-18-4/h7,12,15H,5-6,8-10H2,1-4H3/t12-/m0/s1. The first-order valence-corrected chi connectivity index (χ1v) is 6.78. The smallest absolute Gasteiger partial charge is 0.0596 e. The molecule has 1 atom stereocenters. The van der Waals surface area contributed by atoms with Gasteiger partial charge in [0.1, 0.15) is 0 Å². The van der Waals surface area contributed by atoms with Crippen molar-refractivity contribution in [3.63, 3.8) is 0 Å². The maximum absolute atomic E-state index is 5.28. The van der Waals surface area contributed by atoms with E-state index in [4.69, 9.17) is 4.74 Å². The highest BCUT2D eigenvalue weighted by molar-refractivity contribution is 5.06. The number of aryl methyl sites for hydroxylation is 2. The van der Waals surface area contributed by atoms with Crippen molar-refractivity contribution >= 4 is 0 Å². The largest absolute Gasteiger partial charge is 0.384 e. The quantitative estimate of drug-likeness (QED) is 0.804. The molecule has 0 aromatic carbocycles. The van der Waals surface area contributed by atoms with E-state index in [0.29, 0.717) is 11.5 Å². The van der Waals surface area contributed by atoms with Crippen LogP contribution in [-0.2, 0) is 11.3 Å². The Balaban J connectivity index is 1.79. The topological polar surface area (TPSA) is 39.1 Å². The zero-order valence-electron chi connectivity index (χ0n) is 12.0. The maximum atomic E-state index is 5.28. The zero-order chi connectivity index (χ0) is 13.2. The summed E-state index contributed by atoms with van der Waals surface area (Å²) in [7, 11) is 1.79. The fourth-order valence-corrected chi connectivity index (χ4v) is 2.43. The second kappa shape index (κ2) is 5.41. The van der Waals surface area contributed by atoms with Crippen molar-refractivity contribution in [3.05, 3.63) is 17.5 Å². The molecule has 102 valence electrons. The first kappa shape index (κ1) is 13.6. The number of nitrogens with zero attached hydrogens (tertiary/aromatic N) is 2. The Hall–Kier alpha value is -0.870. The van der Waals surface area contributed by atoms with Gasteiger partial charge in [0.15, 0.2) is 0 Å². The van der Waals surface area contributed by atoms with Crippen LogP contribution in [0.5, 0.6) is 0 Å². The Morgan fingerprint density at radius 3 is 2.72 bits per heavy atom. The summed E-state index contributed by atoms with van der Waals surface area (Å²) < 4.78 is 7.37. The number of aromatic nitrogens is 2. The molecule has 1 heterocycles. The molecule has 1 N–H and O–H groups in total. The molecule has 1 saturated carbocycles. The van der Waals surface area contributed by atoms with Gasteiger partial charge in [-0.1, -0.05) is 0 Å². The lowest BCUT2D eigenvalue weighted by Gasteiger charge is -2.20. The summed E-state index contributed by atoms with van der Waals surface area (Å²) >= 11 is 0. The lowest BCUT2D eigenvalue weighted by atomic mass is 10.1. The summed E-state index contributed by atoms with van der Waals surface area (Å²) in [4.78, 5) is 0. The third kappa shape index (κ3) is 3.33. The molecule has 0 aliphatic heterocycles. The van der Waals surface area contributed by atoms with Crippen LogP contribution in [0.1, 0.15) is 31.2 Å². The van der Waals surface area contributed by atoms with Crippen LogP contribution in [0.4, 0.5) is 0 Å². The number of methoxy groups -OCH3 is 1. The van der Waals surface area contributed by atoms with Crippen molar-refractivity contribution in [2.75, 3.05) is 20.3 Å². The fourth-order valence-electron chi connectivity index (χ4n) is 2.43. The van der Waals surface area contributed by atoms with Crippen LogP contribution in [0.2, 0.25) is 0 Å². The van der Waals surface area contributed by atoms with E-state index >= 15 is 0 Å². The van der Waals surface area contributed by atoms with Crippen molar-refractivity contribution in [2.45, 2.75) is 46.2 Å². The molecule has 4 heteroatoms. The number of rotatable bonds is 7. The molecule has 0 saturated heterocycles. The molecule has 0 spiro atoms. The molecule has 0 radical (unpaired) electrons. The number of ether oxygens (including phenoxy) is 1. The van der Waals surface area contributed by atoms with Gasteiger partial charge in [-0.2, -0.15) is 5.10 Å². The maximum Gasteiger partial charge on any atom is 0.0596 e. The third-order valence-electron chi connectivity index (χ3n) is 3.78. The van der Waals surface area contributed by atoms with Crippen LogP contribution in [0.25, 0.3) is 0 Å². The summed E-state index contributed by atoms with van der Waals surface area (Å²) in [5.74, 6) is 0. The summed E-state index contributed by atoms with van der Waals surface area (Å²) in [6, 6.07) is 2.57. The van der Waals surface area contributed by atoms with Crippen molar-refractivity contribution in [1.82, 2.24) is 15.1 Å². The molecular weight excluding hydrogens is 226 g/mol. The molecule has 4 nitrogen and oxygen atoms in total. The normalized spacial score (nSPS) is 18.9. The Labute approximate surface area is 110 Å². The number of nitrogens with one attached hydrogen (secondary N) is 1. The van der Waals surface area contributed by atoms with Gasteiger partial charge in [-0.25, -0.2) is 0 Å². The Morgan fingerprint density at radius 1 is 1.50 bits per heavy atom. The van der Waals surface area contributed by atoms with Crippen LogP contribution < -0.4 is 5.32 Å². The van der Waals surface area contributed by atoms with Crippen LogP contribution in [0.15, 0.2) is 6.07 Å². The lowest BCUT2D eigenvalue weighted by Crippen LogP contribution is -2.36. The van der Waals surface area contributed by atoms with E-state index in [0.717, 1.165) is 25.4 Å². The lowest BCUT2D eigenvalue weighted by molar-refractivity contribution is 0.137. The van der Waals surface area contributed by atoms with Crippen molar-refractivity contribution in [2.24, 2.45) is 5.41 Å². The van der Waals surface area contributed by atoms with Gasteiger partial charge in [-0.15, -0.1) is 0 Å². The molecule has 1 aliphatic rings. The average Bonchev–Trinajstić information content (AvgIpc) is 2.99. The summed E-state index contributed by atoms with van der Waals surface area (Å²) in [6.07, 6.45) is 2.58. The minimum atomic E-state index is 0.415. The van der Waals surface area contributed by atoms with Gasteiger partial charge in [0.05, 0.1) is 18.8 Å². The van der Waals surface area contributed by atoms with Gasteiger partial charge in [0.2, 0.25) is 0 Å². The summed E-state index contributed by atoms with van der Waals surface area (Å²) in [5.41, 5.74) is 2.75. The molecule has 2 rings (SSSR count). The molecule has 18 heavy (non-hydrogen) atoms. The predicted molar refractivity (Wildman–Crippen MR) is 72.7 cm³/mol. The predicted octanol–water partition coefficient (Wildman–Crippen LogP) is 1.90. The van der Waals surface area contributed by atoms with Crippen LogP contribution >= 0.6 is 0 Å². The Kier molecular flexibility index (Phi) is 4.07. The van der Waals surface area contributed by atoms with E-state index < -0.39 is 0 Å². The van der Waals surface area contributed by atoms with E-state index in [2.05, 4.69) is 35.0 Å². The van der Waals surface area contributed by atoms with Crippen LogP contribution in [-0.4, -0.2) is 36.1 Å². The summed E-state index contributed by atoms with van der Waals surface area (Å²) in [5, 5.41) is 8.11. The van der Waals surface area contributed by atoms with Crippen molar-refractivity contribution in [1.29, 1.82) is 0 Å². The highest BCUT2D eigenvalue weighted by Gasteiger charge is 2.42. The first-order valence-electron chi connectivity index (χ1n) is 6.78. The minimum absolute atomic E-state index is 0.415. The molecule has 0 unspecified atom stereocenters. The fraction of sp³-hybridized carbons (Fsp3) is 0.786. The van der Waals surface area contributed by atoms with Crippen LogP contribution in [0, 0.1) is 19.3 Å². The third-order valence-corrected chi connectivity index (χ3v) is 3.78. The van der Waals surface area contributed by atoms with Gasteiger partial charge in [0.25, 0.3) is 0 Å². The van der Waals surface area contributed by atoms with Gasteiger partial charge < -0.3 is 10.1 Å². The zero-order valence-corrected chi connectivity index (χ0v) is 12.0. The van der Waals surface area contributed by atoms with E-state index in [1.807, 2.05) is 6.92 Å². The summed E-state index contributed by atoms with van der Waals surface area (Å²) in [6.45, 7) is 9.25. The van der Waals surface area contributed by atoms with Gasteiger partial charge in [-0.05, 0) is 39.7 Å². The van der Waals surface area contributed by atoms with E-state index in [-0.39, 0.29) is 0 Å². The molecule has 1 aliphatic carbocycles. The SMILES string of the molecule is COCC1(CN[C@@H](C)Cn2nc(C)cc2C)CC1. The molecule has 1 aromatic rings. The van der Waals surface area contributed by atoms with Gasteiger partial charge in [-0.3, -0.25) is 4.68 Å². The highest BCUT2D eigenvalue weighted by atomic mass is 16.5. The van der Waals surface area contributed by atoms with Gasteiger partial charge in [0, 0.05) is 30.8 Å². The van der Waals surface area contributed by atoms with Crippen molar-refractivity contribution < 1.29 is 4.74 Å². The molecular formula is C14H25N3O. The Bertz CT molecular complexity index is 396. The number of hydrogen-bond donors (Lipinski definition) is 1. The van der Waals surface area contributed by atoms with Gasteiger partial charge >= 0.3 is 0 Å². The van der Waals surface area contributed by atoms with Crippen molar-refractivity contribution in [3.8, 4) is 0 Å². The second-order valence-electron chi connectivity index (χ2n) is 5.82. The van der Waals surface area contributed by atoms with E-state index in [9.17, 15) is 0 Å². The second-order valence-corrected chi connectivity index (χ2v) is 5.82.